The van der Waals surface area contributed by atoms with E-state index in [9.17, 15) is 5.02 Å². The van der Waals surface area contributed by atoms with Crippen LogP contribution in [0.4, 0.5) is 17.1 Å². The number of para-hydroxylation sites is 1. The molecule has 0 fully saturated rings. The smallest absolute Gasteiger partial charge is 0.365 e. The summed E-state index contributed by atoms with van der Waals surface area (Å²) in [6.07, 6.45) is 0. The molecule has 1 aliphatic rings. The van der Waals surface area contributed by atoms with E-state index in [4.69, 9.17) is 0 Å². The third kappa shape index (κ3) is 4.09. The van der Waals surface area contributed by atoms with E-state index in [0.717, 1.165) is 39.2 Å². The summed E-state index contributed by atoms with van der Waals surface area (Å²) >= 11 is 0. The molecule has 0 unspecified atom stereocenters. The van der Waals surface area contributed by atoms with Gasteiger partial charge in [0.05, 0.1) is 5.52 Å². The van der Waals surface area contributed by atoms with Crippen LogP contribution in [0.2, 0.25) is 0 Å². The van der Waals surface area contributed by atoms with Gasteiger partial charge in [-0.25, -0.2) is 0 Å². The Morgan fingerprint density at radius 3 is 1.95 bits per heavy atom. The van der Waals surface area contributed by atoms with Gasteiger partial charge in [-0.15, -0.1) is 0 Å². The first-order chi connectivity index (χ1) is 18.9. The molecule has 4 heteroatoms. The van der Waals surface area contributed by atoms with Gasteiger partial charge in [0.2, 0.25) is 0 Å². The van der Waals surface area contributed by atoms with Gasteiger partial charge in [-0.1, -0.05) is 90.1 Å². The summed E-state index contributed by atoms with van der Waals surface area (Å²) in [4.78, 5) is 2.33. The second-order valence-corrected chi connectivity index (χ2v) is 13.3. The maximum Gasteiger partial charge on any atom is 0.365 e. The van der Waals surface area contributed by atoms with Gasteiger partial charge >= 0.3 is 6.92 Å². The van der Waals surface area contributed by atoms with Crippen molar-refractivity contribution in [1.29, 1.82) is 0 Å². The fourth-order valence-electron chi connectivity index (χ4n) is 6.17. The molecule has 0 amide bonds. The molecule has 1 N–H and O–H groups in total. The molecule has 2 heterocycles. The molecule has 0 spiro atoms. The lowest BCUT2D eigenvalue weighted by atomic mass is 9.51. The summed E-state index contributed by atoms with van der Waals surface area (Å²) in [7, 11) is 0. The van der Waals surface area contributed by atoms with Crippen LogP contribution in [0, 0.1) is 13.8 Å². The van der Waals surface area contributed by atoms with Crippen molar-refractivity contribution in [3.05, 3.63) is 107 Å². The van der Waals surface area contributed by atoms with E-state index in [1.54, 1.807) is 0 Å². The number of nitrogens with zero attached hydrogens (tertiary/aromatic N) is 2. The summed E-state index contributed by atoms with van der Waals surface area (Å²) in [6.45, 7) is 17.0. The molecule has 0 saturated carbocycles. The van der Waals surface area contributed by atoms with Crippen molar-refractivity contribution in [3.8, 4) is 5.69 Å². The lowest BCUT2D eigenvalue weighted by molar-refractivity contribution is 0.588. The Balaban J connectivity index is 1.65. The highest BCUT2D eigenvalue weighted by Gasteiger charge is 2.37. The second-order valence-electron chi connectivity index (χ2n) is 13.3. The predicted octanol–water partition coefficient (Wildman–Crippen LogP) is 7.72. The lowest BCUT2D eigenvalue weighted by Gasteiger charge is -2.37. The van der Waals surface area contributed by atoms with Crippen molar-refractivity contribution in [1.82, 2.24) is 4.57 Å². The molecular weight excluding hydrogens is 487 g/mol. The Hall–Kier alpha value is -3.76. The summed E-state index contributed by atoms with van der Waals surface area (Å²) in [5.74, 6) is 0. The van der Waals surface area contributed by atoms with Crippen LogP contribution < -0.4 is 15.8 Å². The first-order valence-corrected chi connectivity index (χ1v) is 14.3. The molecule has 40 heavy (non-hydrogen) atoms. The second kappa shape index (κ2) is 9.14. The molecule has 0 saturated heterocycles. The van der Waals surface area contributed by atoms with Crippen molar-refractivity contribution in [2.24, 2.45) is 0 Å². The molecule has 4 aromatic carbocycles. The van der Waals surface area contributed by atoms with Gasteiger partial charge in [0.1, 0.15) is 0 Å². The highest BCUT2D eigenvalue weighted by Crippen LogP contribution is 2.39. The van der Waals surface area contributed by atoms with Crippen LogP contribution in [0.5, 0.6) is 0 Å². The van der Waals surface area contributed by atoms with Crippen molar-refractivity contribution in [3.63, 3.8) is 0 Å². The van der Waals surface area contributed by atoms with E-state index in [2.05, 4.69) is 150 Å². The predicted molar refractivity (Wildman–Crippen MR) is 172 cm³/mol. The fraction of sp³-hybridized carbons (Fsp3) is 0.278. The van der Waals surface area contributed by atoms with Gasteiger partial charge < -0.3 is 14.5 Å². The molecule has 202 valence electrons. The summed E-state index contributed by atoms with van der Waals surface area (Å²) in [5, 5.41) is 13.4. The first-order valence-electron chi connectivity index (χ1n) is 14.3. The van der Waals surface area contributed by atoms with Gasteiger partial charge in [0.25, 0.3) is 0 Å². The molecule has 6 rings (SSSR count). The molecule has 0 atom stereocenters. The number of rotatable bonds is 2. The van der Waals surface area contributed by atoms with Crippen LogP contribution in [0.15, 0.2) is 84.9 Å². The third-order valence-corrected chi connectivity index (χ3v) is 8.66. The van der Waals surface area contributed by atoms with Crippen molar-refractivity contribution < 1.29 is 5.02 Å². The number of benzene rings is 4. The first kappa shape index (κ1) is 26.5. The lowest BCUT2D eigenvalue weighted by Crippen LogP contribution is -2.52. The van der Waals surface area contributed by atoms with Gasteiger partial charge in [-0.05, 0) is 83.2 Å². The quantitative estimate of drug-likeness (QED) is 0.239. The summed E-state index contributed by atoms with van der Waals surface area (Å²) in [6, 6.07) is 30.5. The Bertz CT molecular complexity index is 1750. The van der Waals surface area contributed by atoms with Crippen LogP contribution in [-0.2, 0) is 10.8 Å². The van der Waals surface area contributed by atoms with Crippen LogP contribution in [0.1, 0.15) is 63.9 Å². The van der Waals surface area contributed by atoms with Crippen molar-refractivity contribution in [2.75, 3.05) is 4.90 Å². The molecule has 0 bridgehead atoms. The topological polar surface area (TPSA) is 28.4 Å². The maximum atomic E-state index is 12.2. The van der Waals surface area contributed by atoms with E-state index in [1.165, 1.54) is 27.8 Å². The number of aryl methyl sites for hydroxylation is 1. The molecular formula is C36H39BN2O. The molecule has 5 aromatic rings. The minimum absolute atomic E-state index is 0.0297. The van der Waals surface area contributed by atoms with Crippen LogP contribution in [0.25, 0.3) is 16.6 Å². The highest BCUT2D eigenvalue weighted by molar-refractivity contribution is 6.83. The fourth-order valence-corrected chi connectivity index (χ4v) is 6.17. The van der Waals surface area contributed by atoms with Crippen LogP contribution >= 0.6 is 0 Å². The van der Waals surface area contributed by atoms with Crippen LogP contribution in [0.3, 0.4) is 0 Å². The third-order valence-electron chi connectivity index (χ3n) is 8.66. The molecule has 0 aliphatic carbocycles. The van der Waals surface area contributed by atoms with Crippen molar-refractivity contribution >= 4 is 45.8 Å². The Morgan fingerprint density at radius 2 is 1.27 bits per heavy atom. The van der Waals surface area contributed by atoms with Gasteiger partial charge in [-0.2, -0.15) is 0 Å². The van der Waals surface area contributed by atoms with E-state index in [0.29, 0.717) is 0 Å². The molecule has 3 nitrogen and oxygen atoms in total. The Kier molecular flexibility index (Phi) is 6.05. The number of fused-ring (bicyclic) bond motifs is 3. The molecule has 1 aliphatic heterocycles. The normalized spacial score (nSPS) is 13.5. The van der Waals surface area contributed by atoms with E-state index in [1.807, 2.05) is 0 Å². The monoisotopic (exact) mass is 526 g/mol. The van der Waals surface area contributed by atoms with Crippen LogP contribution in [-0.4, -0.2) is 16.5 Å². The average molecular weight is 527 g/mol. The number of aromatic nitrogens is 1. The van der Waals surface area contributed by atoms with Gasteiger partial charge in [0, 0.05) is 39.3 Å². The Morgan fingerprint density at radius 1 is 0.650 bits per heavy atom. The van der Waals surface area contributed by atoms with E-state index < -0.39 is 6.92 Å². The zero-order valence-corrected chi connectivity index (χ0v) is 25.0. The molecule has 0 radical (unpaired) electrons. The van der Waals surface area contributed by atoms with Gasteiger partial charge in [-0.3, -0.25) is 0 Å². The van der Waals surface area contributed by atoms with Crippen molar-refractivity contribution in [2.45, 2.75) is 66.2 Å². The zero-order chi connectivity index (χ0) is 28.6. The summed E-state index contributed by atoms with van der Waals surface area (Å²) in [5.41, 5.74) is 12.2. The number of anilines is 3. The minimum Gasteiger partial charge on any atom is -0.443 e. The standard InChI is InChI=1S/C36H39BN2O/c1-23-24(2)38(30-13-10-9-12-28(23)30)32-14-11-15-33-34(32)37(40)29-22-26(36(6,7)8)18-21-31(29)39(33)27-19-16-25(17-20-27)35(3,4)5/h9-22,40H,1-8H3. The summed E-state index contributed by atoms with van der Waals surface area (Å²) < 4.78 is 2.33. The van der Waals surface area contributed by atoms with E-state index >= 15 is 0 Å². The highest BCUT2D eigenvalue weighted by atomic mass is 16.2. The minimum atomic E-state index is -0.755. The van der Waals surface area contributed by atoms with E-state index in [-0.39, 0.29) is 10.8 Å². The number of hydrogen-bond acceptors (Lipinski definition) is 2. The maximum absolute atomic E-state index is 12.2. The SMILES string of the molecule is Cc1c(C)n(-c2cccc3c2B(O)c2cc(C(C)(C)C)ccc2N3c2ccc(C(C)(C)C)cc2)c2ccccc12. The average Bonchev–Trinajstić information content (AvgIpc) is 3.17. The Labute approximate surface area is 239 Å². The van der Waals surface area contributed by atoms with Gasteiger partial charge in [0.15, 0.2) is 0 Å². The molecule has 1 aromatic heterocycles. The largest absolute Gasteiger partial charge is 0.443 e. The number of hydrogen-bond donors (Lipinski definition) is 1. The zero-order valence-electron chi connectivity index (χ0n) is 25.0.